The number of pyridine rings is 1. The van der Waals surface area contributed by atoms with Crippen molar-refractivity contribution in [2.45, 2.75) is 0 Å². The standard InChI is InChI=1S/C12H11N3O4/c1-18-9-7-15(8-3-5-13-6-4-8)14-10(11(9)16)12(17)19-2/h3-7H,1-2H3. The van der Waals surface area contributed by atoms with Crippen molar-refractivity contribution in [1.29, 1.82) is 0 Å². The Balaban J connectivity index is 2.64. The van der Waals surface area contributed by atoms with E-state index >= 15 is 0 Å². The SMILES string of the molecule is COC(=O)c1nn(-c2ccncc2)cc(OC)c1=O. The second-order valence-electron chi connectivity index (χ2n) is 3.52. The Morgan fingerprint density at radius 3 is 2.53 bits per heavy atom. The molecule has 0 aliphatic carbocycles. The maximum absolute atomic E-state index is 11.9. The third kappa shape index (κ3) is 2.44. The van der Waals surface area contributed by atoms with Gasteiger partial charge in [-0.15, -0.1) is 0 Å². The first-order valence-corrected chi connectivity index (χ1v) is 5.34. The summed E-state index contributed by atoms with van der Waals surface area (Å²) in [6.45, 7) is 0. The summed E-state index contributed by atoms with van der Waals surface area (Å²) in [5.74, 6) is -0.807. The van der Waals surface area contributed by atoms with Crippen molar-refractivity contribution in [2.75, 3.05) is 14.2 Å². The topological polar surface area (TPSA) is 83.3 Å². The molecule has 2 heterocycles. The number of nitrogens with zero attached hydrogens (tertiary/aromatic N) is 3. The van der Waals surface area contributed by atoms with E-state index in [1.54, 1.807) is 24.5 Å². The number of methoxy groups -OCH3 is 2. The van der Waals surface area contributed by atoms with Crippen LogP contribution < -0.4 is 10.2 Å². The molecule has 0 radical (unpaired) electrons. The van der Waals surface area contributed by atoms with Crippen molar-refractivity contribution in [3.8, 4) is 11.4 Å². The van der Waals surface area contributed by atoms with E-state index in [2.05, 4.69) is 14.8 Å². The summed E-state index contributed by atoms with van der Waals surface area (Å²) in [5.41, 5.74) is -0.309. The average Bonchev–Trinajstić information content (AvgIpc) is 2.47. The van der Waals surface area contributed by atoms with Gasteiger partial charge in [-0.05, 0) is 12.1 Å². The number of hydrogen-bond acceptors (Lipinski definition) is 6. The molecular weight excluding hydrogens is 250 g/mol. The molecule has 0 aromatic carbocycles. The highest BCUT2D eigenvalue weighted by Gasteiger charge is 2.18. The van der Waals surface area contributed by atoms with E-state index in [1.165, 1.54) is 25.1 Å². The van der Waals surface area contributed by atoms with Gasteiger partial charge in [-0.1, -0.05) is 0 Å². The Labute approximate surface area is 108 Å². The van der Waals surface area contributed by atoms with E-state index in [-0.39, 0.29) is 11.4 Å². The van der Waals surface area contributed by atoms with Crippen molar-refractivity contribution in [1.82, 2.24) is 14.8 Å². The minimum atomic E-state index is -0.813. The van der Waals surface area contributed by atoms with Crippen molar-refractivity contribution in [2.24, 2.45) is 0 Å². The summed E-state index contributed by atoms with van der Waals surface area (Å²) in [5, 5.41) is 3.94. The highest BCUT2D eigenvalue weighted by Crippen LogP contribution is 2.09. The third-order valence-electron chi connectivity index (χ3n) is 2.41. The highest BCUT2D eigenvalue weighted by atomic mass is 16.5. The van der Waals surface area contributed by atoms with Gasteiger partial charge in [0.05, 0.1) is 26.1 Å². The van der Waals surface area contributed by atoms with E-state index in [4.69, 9.17) is 4.74 Å². The zero-order valence-electron chi connectivity index (χ0n) is 10.4. The van der Waals surface area contributed by atoms with Gasteiger partial charge < -0.3 is 9.47 Å². The second-order valence-corrected chi connectivity index (χ2v) is 3.52. The van der Waals surface area contributed by atoms with Crippen molar-refractivity contribution < 1.29 is 14.3 Å². The first-order chi connectivity index (χ1) is 9.17. The summed E-state index contributed by atoms with van der Waals surface area (Å²) < 4.78 is 10.8. The average molecular weight is 261 g/mol. The number of hydrogen-bond donors (Lipinski definition) is 0. The molecule has 0 fully saturated rings. The lowest BCUT2D eigenvalue weighted by Gasteiger charge is -2.08. The van der Waals surface area contributed by atoms with Crippen LogP contribution in [0.1, 0.15) is 10.5 Å². The molecule has 0 N–H and O–H groups in total. The molecule has 0 spiro atoms. The number of rotatable bonds is 3. The normalized spacial score (nSPS) is 10.0. The maximum Gasteiger partial charge on any atom is 0.362 e. The number of carbonyl (C=O) groups excluding carboxylic acids is 1. The minimum absolute atomic E-state index is 0.00668. The van der Waals surface area contributed by atoms with Crippen LogP contribution in [0.15, 0.2) is 35.5 Å². The van der Waals surface area contributed by atoms with Crippen LogP contribution >= 0.6 is 0 Å². The molecule has 2 aromatic rings. The molecule has 2 rings (SSSR count). The number of aromatic nitrogens is 3. The molecule has 2 aromatic heterocycles. The fourth-order valence-corrected chi connectivity index (χ4v) is 1.47. The fraction of sp³-hybridized carbons (Fsp3) is 0.167. The molecule has 0 atom stereocenters. The van der Waals surface area contributed by atoms with E-state index < -0.39 is 11.4 Å². The lowest BCUT2D eigenvalue weighted by Crippen LogP contribution is -2.23. The zero-order valence-corrected chi connectivity index (χ0v) is 10.4. The van der Waals surface area contributed by atoms with Crippen molar-refractivity contribution in [3.05, 3.63) is 46.6 Å². The summed E-state index contributed by atoms with van der Waals surface area (Å²) in [7, 11) is 2.52. The van der Waals surface area contributed by atoms with Gasteiger partial charge in [0.2, 0.25) is 5.69 Å². The van der Waals surface area contributed by atoms with Gasteiger partial charge in [0.1, 0.15) is 0 Å². The first kappa shape index (κ1) is 12.7. The Bertz CT molecular complexity index is 652. The van der Waals surface area contributed by atoms with Crippen LogP contribution in [0.4, 0.5) is 0 Å². The zero-order chi connectivity index (χ0) is 13.8. The Morgan fingerprint density at radius 1 is 1.26 bits per heavy atom. The van der Waals surface area contributed by atoms with Gasteiger partial charge in [0, 0.05) is 12.4 Å². The van der Waals surface area contributed by atoms with Crippen LogP contribution in [0.3, 0.4) is 0 Å². The molecular formula is C12H11N3O4. The fourth-order valence-electron chi connectivity index (χ4n) is 1.47. The van der Waals surface area contributed by atoms with E-state index in [0.717, 1.165) is 0 Å². The van der Waals surface area contributed by atoms with Crippen LogP contribution in [0.2, 0.25) is 0 Å². The third-order valence-corrected chi connectivity index (χ3v) is 2.41. The maximum atomic E-state index is 11.9. The predicted molar refractivity (Wildman–Crippen MR) is 65.5 cm³/mol. The number of ether oxygens (including phenoxy) is 2. The highest BCUT2D eigenvalue weighted by molar-refractivity contribution is 5.87. The largest absolute Gasteiger partial charge is 0.491 e. The molecule has 0 saturated heterocycles. The van der Waals surface area contributed by atoms with Crippen molar-refractivity contribution in [3.63, 3.8) is 0 Å². The van der Waals surface area contributed by atoms with Gasteiger partial charge in [-0.3, -0.25) is 9.78 Å². The van der Waals surface area contributed by atoms with E-state index in [1.807, 2.05) is 0 Å². The predicted octanol–water partition coefficient (Wildman–Crippen LogP) is 0.423. The van der Waals surface area contributed by atoms with Gasteiger partial charge in [-0.2, -0.15) is 5.10 Å². The van der Waals surface area contributed by atoms with Gasteiger partial charge in [-0.25, -0.2) is 9.48 Å². The Kier molecular flexibility index (Phi) is 3.56. The summed E-state index contributed by atoms with van der Waals surface area (Å²) >= 11 is 0. The van der Waals surface area contributed by atoms with Gasteiger partial charge in [0.15, 0.2) is 5.75 Å². The molecule has 7 heteroatoms. The van der Waals surface area contributed by atoms with Crippen LogP contribution in [0, 0.1) is 0 Å². The minimum Gasteiger partial charge on any atom is -0.491 e. The number of carbonyl (C=O) groups is 1. The summed E-state index contributed by atoms with van der Waals surface area (Å²) in [6.07, 6.45) is 4.53. The van der Waals surface area contributed by atoms with Gasteiger partial charge >= 0.3 is 5.97 Å². The van der Waals surface area contributed by atoms with Gasteiger partial charge in [0.25, 0.3) is 5.43 Å². The monoisotopic (exact) mass is 261 g/mol. The molecule has 98 valence electrons. The van der Waals surface area contributed by atoms with Crippen LogP contribution in [0.5, 0.6) is 5.75 Å². The number of esters is 1. The van der Waals surface area contributed by atoms with Crippen LogP contribution in [-0.4, -0.2) is 35.0 Å². The Hall–Kier alpha value is -2.70. The second kappa shape index (κ2) is 5.30. The molecule has 0 unspecified atom stereocenters. The molecule has 19 heavy (non-hydrogen) atoms. The van der Waals surface area contributed by atoms with Crippen molar-refractivity contribution >= 4 is 5.97 Å². The first-order valence-electron chi connectivity index (χ1n) is 5.34. The lowest BCUT2D eigenvalue weighted by molar-refractivity contribution is 0.0589. The van der Waals surface area contributed by atoms with E-state index in [9.17, 15) is 9.59 Å². The molecule has 0 bridgehead atoms. The van der Waals surface area contributed by atoms with E-state index in [0.29, 0.717) is 5.69 Å². The molecule has 0 saturated carbocycles. The molecule has 7 nitrogen and oxygen atoms in total. The van der Waals surface area contributed by atoms with Crippen LogP contribution in [-0.2, 0) is 4.74 Å². The molecule has 0 amide bonds. The summed E-state index contributed by atoms with van der Waals surface area (Å²) in [6, 6.07) is 3.36. The smallest absolute Gasteiger partial charge is 0.362 e. The van der Waals surface area contributed by atoms with Crippen LogP contribution in [0.25, 0.3) is 5.69 Å². The quantitative estimate of drug-likeness (QED) is 0.745. The Morgan fingerprint density at radius 2 is 1.95 bits per heavy atom. The molecule has 0 aliphatic rings. The lowest BCUT2D eigenvalue weighted by atomic mass is 10.3. The summed E-state index contributed by atoms with van der Waals surface area (Å²) in [4.78, 5) is 27.3. The molecule has 0 aliphatic heterocycles.